The summed E-state index contributed by atoms with van der Waals surface area (Å²) in [5, 5.41) is 0. The molecule has 0 spiro atoms. The highest BCUT2D eigenvalue weighted by Crippen LogP contribution is 2.23. The van der Waals surface area contributed by atoms with Gasteiger partial charge < -0.3 is 15.2 Å². The van der Waals surface area contributed by atoms with E-state index in [9.17, 15) is 4.79 Å². The summed E-state index contributed by atoms with van der Waals surface area (Å²) in [6.07, 6.45) is 5.06. The van der Waals surface area contributed by atoms with Gasteiger partial charge in [0.05, 0.1) is 17.8 Å². The Labute approximate surface area is 174 Å². The Kier molecular flexibility index (Phi) is 9.30. The van der Waals surface area contributed by atoms with Crippen LogP contribution >= 0.6 is 24.8 Å². The molecule has 2 aromatic heterocycles. The van der Waals surface area contributed by atoms with Crippen LogP contribution in [0.1, 0.15) is 46.7 Å². The quantitative estimate of drug-likeness (QED) is 0.815. The molecule has 0 bridgehead atoms. The Morgan fingerprint density at radius 1 is 1.30 bits per heavy atom. The molecule has 0 radical (unpaired) electrons. The molecule has 0 saturated carbocycles. The first-order valence-corrected chi connectivity index (χ1v) is 9.16. The molecule has 1 unspecified atom stereocenters. The number of carbonyl (C=O) groups excluding carboxylic acids is 1. The summed E-state index contributed by atoms with van der Waals surface area (Å²) in [4.78, 5) is 19.5. The first-order chi connectivity index (χ1) is 12.1. The number of nitrogens with two attached hydrogens (primary N) is 1. The molecule has 150 valence electrons. The van der Waals surface area contributed by atoms with Crippen LogP contribution < -0.4 is 5.73 Å². The minimum absolute atomic E-state index is 0. The summed E-state index contributed by atoms with van der Waals surface area (Å²) >= 11 is 0. The number of halogens is 2. The fourth-order valence-corrected chi connectivity index (χ4v) is 3.81. The summed E-state index contributed by atoms with van der Waals surface area (Å²) < 4.78 is 2.18. The molecular weight excluding hydrogens is 383 g/mol. The summed E-state index contributed by atoms with van der Waals surface area (Å²) in [6, 6.07) is 7.95. The molecule has 1 atom stereocenters. The fourth-order valence-electron chi connectivity index (χ4n) is 3.81. The minimum Gasteiger partial charge on any atom is -0.342 e. The molecule has 1 aliphatic heterocycles. The molecule has 5 nitrogen and oxygen atoms in total. The SMILES string of the molecule is Cc1cc(C(=O)N2CCCC(CCN)C2)c(C)n1Cc1ccccn1.Cl.Cl. The van der Waals surface area contributed by atoms with E-state index in [1.165, 1.54) is 6.42 Å². The first kappa shape index (κ1) is 23.5. The van der Waals surface area contributed by atoms with E-state index in [4.69, 9.17) is 5.73 Å². The van der Waals surface area contributed by atoms with E-state index in [1.54, 1.807) is 6.20 Å². The zero-order valence-corrected chi connectivity index (χ0v) is 17.7. The van der Waals surface area contributed by atoms with Gasteiger partial charge in [-0.1, -0.05) is 6.07 Å². The van der Waals surface area contributed by atoms with E-state index in [0.717, 1.165) is 48.6 Å². The van der Waals surface area contributed by atoms with Gasteiger partial charge in [-0.2, -0.15) is 0 Å². The summed E-state index contributed by atoms with van der Waals surface area (Å²) in [5.41, 5.74) is 9.65. The lowest BCUT2D eigenvalue weighted by Crippen LogP contribution is -2.40. The molecule has 1 fully saturated rings. The number of aromatic nitrogens is 2. The number of amides is 1. The van der Waals surface area contributed by atoms with Gasteiger partial charge in [0, 0.05) is 30.7 Å². The number of hydrogen-bond donors (Lipinski definition) is 1. The van der Waals surface area contributed by atoms with Crippen LogP contribution in [0.15, 0.2) is 30.5 Å². The van der Waals surface area contributed by atoms with Crippen LogP contribution in [0, 0.1) is 19.8 Å². The van der Waals surface area contributed by atoms with Gasteiger partial charge in [-0.3, -0.25) is 9.78 Å². The number of rotatable bonds is 5. The van der Waals surface area contributed by atoms with Gasteiger partial charge in [0.15, 0.2) is 0 Å². The van der Waals surface area contributed by atoms with E-state index in [1.807, 2.05) is 36.1 Å². The molecule has 3 heterocycles. The van der Waals surface area contributed by atoms with Crippen LogP contribution in [0.3, 0.4) is 0 Å². The van der Waals surface area contributed by atoms with Crippen LogP contribution in [-0.4, -0.2) is 40.0 Å². The summed E-state index contributed by atoms with van der Waals surface area (Å²) in [6.45, 7) is 7.17. The van der Waals surface area contributed by atoms with Gasteiger partial charge in [-0.25, -0.2) is 0 Å². The van der Waals surface area contributed by atoms with Crippen LogP contribution in [0.4, 0.5) is 0 Å². The summed E-state index contributed by atoms with van der Waals surface area (Å²) in [7, 11) is 0. The second kappa shape index (κ2) is 10.7. The van der Waals surface area contributed by atoms with Crippen LogP contribution in [-0.2, 0) is 6.54 Å². The van der Waals surface area contributed by atoms with Crippen molar-refractivity contribution in [3.8, 4) is 0 Å². The number of pyridine rings is 1. The number of aryl methyl sites for hydroxylation is 1. The molecule has 7 heteroatoms. The third-order valence-corrected chi connectivity index (χ3v) is 5.23. The zero-order chi connectivity index (χ0) is 17.8. The molecule has 27 heavy (non-hydrogen) atoms. The monoisotopic (exact) mass is 412 g/mol. The maximum absolute atomic E-state index is 13.1. The second-order valence-electron chi connectivity index (χ2n) is 7.03. The van der Waals surface area contributed by atoms with Crippen molar-refractivity contribution >= 4 is 30.7 Å². The highest BCUT2D eigenvalue weighted by molar-refractivity contribution is 5.95. The average molecular weight is 413 g/mol. The van der Waals surface area contributed by atoms with Gasteiger partial charge in [0.25, 0.3) is 5.91 Å². The lowest BCUT2D eigenvalue weighted by atomic mass is 9.94. The van der Waals surface area contributed by atoms with Crippen molar-refractivity contribution in [1.82, 2.24) is 14.5 Å². The Morgan fingerprint density at radius 3 is 2.74 bits per heavy atom. The van der Waals surface area contributed by atoms with Gasteiger partial charge in [0.2, 0.25) is 0 Å². The Hall–Kier alpha value is -1.56. The minimum atomic E-state index is 0. The normalized spacial score (nSPS) is 16.4. The van der Waals surface area contributed by atoms with Crippen molar-refractivity contribution in [2.75, 3.05) is 19.6 Å². The van der Waals surface area contributed by atoms with Crippen molar-refractivity contribution in [3.63, 3.8) is 0 Å². The average Bonchev–Trinajstić information content (AvgIpc) is 2.91. The van der Waals surface area contributed by atoms with Crippen molar-refractivity contribution in [2.24, 2.45) is 11.7 Å². The Bertz CT molecular complexity index is 731. The number of likely N-dealkylation sites (tertiary alicyclic amines) is 1. The van der Waals surface area contributed by atoms with Crippen molar-refractivity contribution < 1.29 is 4.79 Å². The van der Waals surface area contributed by atoms with Gasteiger partial charge in [-0.05, 0) is 63.8 Å². The predicted molar refractivity (Wildman–Crippen MR) is 114 cm³/mol. The number of carbonyl (C=O) groups is 1. The topological polar surface area (TPSA) is 64.2 Å². The van der Waals surface area contributed by atoms with Gasteiger partial charge in [-0.15, -0.1) is 24.8 Å². The van der Waals surface area contributed by atoms with Gasteiger partial charge in [0.1, 0.15) is 0 Å². The largest absolute Gasteiger partial charge is 0.342 e. The Morgan fingerprint density at radius 2 is 2.07 bits per heavy atom. The molecule has 1 aliphatic rings. The highest BCUT2D eigenvalue weighted by Gasteiger charge is 2.26. The smallest absolute Gasteiger partial charge is 0.255 e. The number of nitrogens with zero attached hydrogens (tertiary/aromatic N) is 3. The lowest BCUT2D eigenvalue weighted by Gasteiger charge is -2.32. The Balaban J connectivity index is 0.00000182. The molecule has 3 rings (SSSR count). The molecule has 2 aromatic rings. The molecular formula is C20H30Cl2N4O. The van der Waals surface area contributed by atoms with Crippen molar-refractivity contribution in [1.29, 1.82) is 0 Å². The maximum Gasteiger partial charge on any atom is 0.255 e. The molecule has 0 aliphatic carbocycles. The van der Waals surface area contributed by atoms with Crippen molar-refractivity contribution in [3.05, 3.63) is 53.1 Å². The number of hydrogen-bond acceptors (Lipinski definition) is 3. The maximum atomic E-state index is 13.1. The molecule has 2 N–H and O–H groups in total. The van der Waals surface area contributed by atoms with E-state index in [2.05, 4.69) is 16.5 Å². The van der Waals surface area contributed by atoms with Crippen LogP contribution in [0.2, 0.25) is 0 Å². The zero-order valence-electron chi connectivity index (χ0n) is 16.1. The van der Waals surface area contributed by atoms with Crippen molar-refractivity contribution in [2.45, 2.75) is 39.7 Å². The van der Waals surface area contributed by atoms with E-state index in [0.29, 0.717) is 19.0 Å². The van der Waals surface area contributed by atoms with E-state index < -0.39 is 0 Å². The van der Waals surface area contributed by atoms with Crippen LogP contribution in [0.25, 0.3) is 0 Å². The third-order valence-electron chi connectivity index (χ3n) is 5.23. The van der Waals surface area contributed by atoms with E-state index in [-0.39, 0.29) is 30.7 Å². The van der Waals surface area contributed by atoms with Gasteiger partial charge >= 0.3 is 0 Å². The second-order valence-corrected chi connectivity index (χ2v) is 7.03. The highest BCUT2D eigenvalue weighted by atomic mass is 35.5. The molecule has 1 saturated heterocycles. The summed E-state index contributed by atoms with van der Waals surface area (Å²) in [5.74, 6) is 0.696. The fraction of sp³-hybridized carbons (Fsp3) is 0.500. The standard InChI is InChI=1S/C20H28N4O.2ClH/c1-15-12-19(16(2)24(15)14-18-7-3-4-10-22-18)20(25)23-11-5-6-17(13-23)8-9-21;;/h3-4,7,10,12,17H,5-6,8-9,11,13-14,21H2,1-2H3;2*1H. The lowest BCUT2D eigenvalue weighted by molar-refractivity contribution is 0.0668. The molecule has 0 aromatic carbocycles. The predicted octanol–water partition coefficient (Wildman–Crippen LogP) is 3.59. The van der Waals surface area contributed by atoms with Crippen LogP contribution in [0.5, 0.6) is 0 Å². The number of piperidine rings is 1. The third kappa shape index (κ3) is 5.47. The molecule has 1 amide bonds. The first-order valence-electron chi connectivity index (χ1n) is 9.16. The van der Waals surface area contributed by atoms with E-state index >= 15 is 0 Å².